The van der Waals surface area contributed by atoms with Gasteiger partial charge in [-0.2, -0.15) is 29.8 Å². The summed E-state index contributed by atoms with van der Waals surface area (Å²) in [7, 11) is -12.9. The van der Waals surface area contributed by atoms with Crippen LogP contribution in [0.2, 0.25) is 0 Å². The number of fused-ring (bicyclic) bond motifs is 6. The molecule has 0 saturated heterocycles. The molecular weight excluding hydrogens is 853 g/mol. The average Bonchev–Trinajstić information content (AvgIpc) is 3.55. The summed E-state index contributed by atoms with van der Waals surface area (Å²) in [6.07, 6.45) is 17.0. The molecule has 2 aliphatic heterocycles. The minimum Gasteiger partial charge on any atom is -0.344 e. The van der Waals surface area contributed by atoms with Crippen LogP contribution < -0.4 is 16.2 Å². The van der Waals surface area contributed by atoms with E-state index in [0.717, 1.165) is 57.5 Å². The summed E-state index contributed by atoms with van der Waals surface area (Å²) in [6, 6.07) is 16.7. The summed E-state index contributed by atoms with van der Waals surface area (Å²) in [5, 5.41) is 3.03. The molecule has 0 fully saturated rings. The third-order valence-electron chi connectivity index (χ3n) is 11.7. The van der Waals surface area contributed by atoms with Crippen molar-refractivity contribution in [2.24, 2.45) is 5.84 Å². The van der Waals surface area contributed by atoms with Crippen LogP contribution in [-0.4, -0.2) is 73.9 Å². The fraction of sp³-hybridized carbons (Fsp3) is 0.333. The van der Waals surface area contributed by atoms with E-state index in [4.69, 9.17) is 5.84 Å². The van der Waals surface area contributed by atoms with Gasteiger partial charge in [-0.05, 0) is 109 Å². The van der Waals surface area contributed by atoms with Gasteiger partial charge in [-0.3, -0.25) is 23.9 Å². The van der Waals surface area contributed by atoms with E-state index in [2.05, 4.69) is 48.7 Å². The van der Waals surface area contributed by atoms with Crippen molar-refractivity contribution < 1.29 is 48.3 Å². The van der Waals surface area contributed by atoms with Crippen LogP contribution in [0, 0.1) is 0 Å². The van der Waals surface area contributed by atoms with Crippen LogP contribution in [0.1, 0.15) is 77.3 Å². The number of carbonyl (C=O) groups excluding carboxylic acids is 1. The second kappa shape index (κ2) is 18.0. The lowest BCUT2D eigenvalue weighted by Gasteiger charge is -2.27. The number of hydrogen-bond donors (Lipinski definition) is 5. The van der Waals surface area contributed by atoms with E-state index >= 15 is 0 Å². The predicted molar refractivity (Wildman–Crippen MR) is 243 cm³/mol. The van der Waals surface area contributed by atoms with Gasteiger partial charge < -0.3 is 4.90 Å². The van der Waals surface area contributed by atoms with Crippen molar-refractivity contribution in [1.82, 2.24) is 5.43 Å². The molecule has 0 bridgehead atoms. The van der Waals surface area contributed by atoms with E-state index in [1.165, 1.54) is 24.3 Å². The van der Waals surface area contributed by atoms with Crippen molar-refractivity contribution in [2.75, 3.05) is 23.7 Å². The molecule has 1 amide bonds. The van der Waals surface area contributed by atoms with E-state index in [9.17, 15) is 43.7 Å². The summed E-state index contributed by atoms with van der Waals surface area (Å²) in [6.45, 7) is 9.51. The van der Waals surface area contributed by atoms with Crippen LogP contribution in [0.5, 0.6) is 0 Å². The van der Waals surface area contributed by atoms with Gasteiger partial charge >= 0.3 is 0 Å². The SMILES string of the molecule is CC1(C)C(/C=C/C=C/C=C/C=C2/N(CCCCS(=O)(=O)O)c3ccc4cc(S(=O)(=O)O)ccc4c3C2(C)C)=[N+](CCCCCC(=O)NN)c2ccc3cc(S(=O)(=O)O)ccc3c21. The lowest BCUT2D eigenvalue weighted by molar-refractivity contribution is -0.438. The van der Waals surface area contributed by atoms with Gasteiger partial charge in [0.25, 0.3) is 30.4 Å². The molecule has 0 radical (unpaired) electrons. The van der Waals surface area contributed by atoms with Crippen LogP contribution >= 0.6 is 0 Å². The molecule has 4 aromatic rings. The Labute approximate surface area is 363 Å². The largest absolute Gasteiger partial charge is 0.344 e. The van der Waals surface area contributed by atoms with Crippen LogP contribution in [0.3, 0.4) is 0 Å². The van der Waals surface area contributed by atoms with Crippen LogP contribution in [0.25, 0.3) is 21.5 Å². The maximum absolute atomic E-state index is 11.9. The first-order valence-electron chi connectivity index (χ1n) is 20.2. The van der Waals surface area contributed by atoms with Crippen molar-refractivity contribution in [2.45, 2.75) is 86.8 Å². The van der Waals surface area contributed by atoms with Crippen LogP contribution in [0.15, 0.2) is 119 Å². The lowest BCUT2D eigenvalue weighted by atomic mass is 9.79. The third kappa shape index (κ3) is 9.94. The molecule has 6 rings (SSSR count). The minimum atomic E-state index is -4.41. The van der Waals surface area contributed by atoms with Gasteiger partial charge in [0.2, 0.25) is 11.6 Å². The number of anilines is 1. The molecule has 2 heterocycles. The second-order valence-electron chi connectivity index (χ2n) is 16.6. The molecule has 6 N–H and O–H groups in total. The molecule has 0 aliphatic carbocycles. The number of unbranched alkanes of at least 4 members (excludes halogenated alkanes) is 3. The van der Waals surface area contributed by atoms with Gasteiger partial charge in [-0.1, -0.05) is 62.4 Å². The summed E-state index contributed by atoms with van der Waals surface area (Å²) in [5.41, 5.74) is 6.94. The van der Waals surface area contributed by atoms with E-state index in [1.54, 1.807) is 18.2 Å². The normalized spacial score (nSPS) is 17.1. The Morgan fingerprint density at radius 1 is 0.710 bits per heavy atom. The fourth-order valence-electron chi connectivity index (χ4n) is 8.79. The Kier molecular flexibility index (Phi) is 13.5. The molecule has 330 valence electrons. The Balaban J connectivity index is 1.29. The minimum absolute atomic E-state index is 0.174. The smallest absolute Gasteiger partial charge is 0.294 e. The zero-order chi connectivity index (χ0) is 45.3. The number of nitrogens with two attached hydrogens (primary N) is 1. The number of rotatable bonds is 17. The Morgan fingerprint density at radius 3 is 1.92 bits per heavy atom. The van der Waals surface area contributed by atoms with Crippen molar-refractivity contribution in [3.63, 3.8) is 0 Å². The molecule has 0 atom stereocenters. The van der Waals surface area contributed by atoms with Gasteiger partial charge in [0.05, 0.1) is 21.0 Å². The van der Waals surface area contributed by atoms with Gasteiger partial charge in [0.15, 0.2) is 5.71 Å². The number of hydrazine groups is 1. The topological polar surface area (TPSA) is 224 Å². The highest BCUT2D eigenvalue weighted by Crippen LogP contribution is 2.51. The number of nitrogens with zero attached hydrogens (tertiary/aromatic N) is 2. The molecule has 17 heteroatoms. The molecule has 62 heavy (non-hydrogen) atoms. The average molecular weight is 906 g/mol. The van der Waals surface area contributed by atoms with E-state index in [0.29, 0.717) is 43.1 Å². The highest BCUT2D eigenvalue weighted by Gasteiger charge is 2.45. The molecule has 2 aliphatic rings. The van der Waals surface area contributed by atoms with Gasteiger partial charge in [0, 0.05) is 53.9 Å². The van der Waals surface area contributed by atoms with Crippen molar-refractivity contribution >= 4 is 74.9 Å². The number of hydrogen-bond acceptors (Lipinski definition) is 9. The molecule has 0 saturated carbocycles. The third-order valence-corrected chi connectivity index (χ3v) is 14.2. The first-order valence-corrected chi connectivity index (χ1v) is 24.7. The second-order valence-corrected chi connectivity index (χ2v) is 21.0. The van der Waals surface area contributed by atoms with Gasteiger partial charge in [-0.25, -0.2) is 5.84 Å². The lowest BCUT2D eigenvalue weighted by Crippen LogP contribution is -2.29. The van der Waals surface area contributed by atoms with E-state index < -0.39 is 41.2 Å². The Morgan fingerprint density at radius 2 is 1.31 bits per heavy atom. The molecule has 0 unspecified atom stereocenters. The summed E-state index contributed by atoms with van der Waals surface area (Å²) >= 11 is 0. The van der Waals surface area contributed by atoms with Gasteiger partial charge in [0.1, 0.15) is 6.54 Å². The molecular formula is C45H53N4O10S3+. The monoisotopic (exact) mass is 905 g/mol. The predicted octanol–water partition coefficient (Wildman–Crippen LogP) is 7.43. The zero-order valence-electron chi connectivity index (χ0n) is 35.1. The molecule has 0 aromatic heterocycles. The number of benzene rings is 4. The maximum Gasteiger partial charge on any atom is 0.294 e. The number of nitrogens with one attached hydrogen (secondary N) is 1. The Hall–Kier alpha value is -5.01. The summed E-state index contributed by atoms with van der Waals surface area (Å²) < 4.78 is 102. The first kappa shape index (κ1) is 46.5. The van der Waals surface area contributed by atoms with E-state index in [-0.39, 0.29) is 27.9 Å². The summed E-state index contributed by atoms with van der Waals surface area (Å²) in [5.74, 6) is 4.69. The highest BCUT2D eigenvalue weighted by atomic mass is 32.2. The van der Waals surface area contributed by atoms with Crippen molar-refractivity contribution in [3.05, 3.63) is 120 Å². The quantitative estimate of drug-likeness (QED) is 0.0133. The number of amides is 1. The van der Waals surface area contributed by atoms with Crippen molar-refractivity contribution in [3.8, 4) is 0 Å². The number of carbonyl (C=O) groups is 1. The highest BCUT2D eigenvalue weighted by molar-refractivity contribution is 7.86. The zero-order valence-corrected chi connectivity index (χ0v) is 37.5. The van der Waals surface area contributed by atoms with Gasteiger partial charge in [-0.15, -0.1) is 0 Å². The Bertz CT molecular complexity index is 2930. The summed E-state index contributed by atoms with van der Waals surface area (Å²) in [4.78, 5) is 13.4. The number of allylic oxidation sites excluding steroid dienone is 8. The maximum atomic E-state index is 11.9. The standard InChI is InChI=1S/C45H52N4O10S3/c1-44(2)39(48(26-12-8-11-17-41(50)47-46)37-24-18-31-29-33(61(54,55)56)20-22-35(31)42(37)44)15-9-6-5-7-10-16-40-45(3,4)43-36-23-21-34(62(57,58)59)30-32(36)19-25-38(43)49(40)27-13-14-28-60(51,52)53/h5-7,9-10,15-16,18-25,29-30H,8,11-14,17,26-28,46H2,1-4H3,(H3-,47,50,51,52,53,54,55,56,57,58,59)/p+1. The van der Waals surface area contributed by atoms with E-state index in [1.807, 2.05) is 54.7 Å². The molecule has 4 aromatic carbocycles. The van der Waals surface area contributed by atoms with Crippen molar-refractivity contribution in [1.29, 1.82) is 0 Å². The van der Waals surface area contributed by atoms with Crippen LogP contribution in [0.4, 0.5) is 11.4 Å². The fourth-order valence-corrected chi connectivity index (χ4v) is 10.4. The van der Waals surface area contributed by atoms with Crippen LogP contribution in [-0.2, 0) is 46.0 Å². The first-order chi connectivity index (χ1) is 29.1. The molecule has 0 spiro atoms. The molecule has 14 nitrogen and oxygen atoms in total.